The van der Waals surface area contributed by atoms with Gasteiger partial charge in [0.05, 0.1) is 6.61 Å². The molecule has 88 valence electrons. The van der Waals surface area contributed by atoms with Crippen LogP contribution < -0.4 is 4.90 Å². The summed E-state index contributed by atoms with van der Waals surface area (Å²) in [6, 6.07) is 5.84. The van der Waals surface area contributed by atoms with Crippen molar-refractivity contribution in [2.45, 2.75) is 26.4 Å². The molecule has 1 aromatic carbocycles. The van der Waals surface area contributed by atoms with E-state index in [4.69, 9.17) is 11.6 Å². The maximum absolute atomic E-state index is 9.37. The molecule has 1 unspecified atom stereocenters. The van der Waals surface area contributed by atoms with Gasteiger partial charge in [0.25, 0.3) is 0 Å². The van der Waals surface area contributed by atoms with E-state index in [0.29, 0.717) is 5.02 Å². The van der Waals surface area contributed by atoms with Crippen LogP contribution in [-0.2, 0) is 6.61 Å². The third-order valence-corrected chi connectivity index (χ3v) is 3.81. The van der Waals surface area contributed by atoms with Crippen LogP contribution in [0.15, 0.2) is 18.2 Å². The zero-order chi connectivity index (χ0) is 11.5. The lowest BCUT2D eigenvalue weighted by Crippen LogP contribution is -2.21. The molecule has 1 N–H and O–H groups in total. The highest BCUT2D eigenvalue weighted by Crippen LogP contribution is 2.32. The van der Waals surface area contributed by atoms with E-state index in [9.17, 15) is 5.11 Å². The number of anilines is 1. The first kappa shape index (κ1) is 11.7. The van der Waals surface area contributed by atoms with Crippen LogP contribution >= 0.6 is 11.6 Å². The number of hydrogen-bond donors (Lipinski definition) is 1. The van der Waals surface area contributed by atoms with Gasteiger partial charge in [0.1, 0.15) is 0 Å². The van der Waals surface area contributed by atoms with E-state index in [1.807, 2.05) is 12.1 Å². The maximum Gasteiger partial charge on any atom is 0.0716 e. The van der Waals surface area contributed by atoms with Crippen LogP contribution in [0.2, 0.25) is 5.02 Å². The molecule has 0 bridgehead atoms. The Labute approximate surface area is 102 Å². The lowest BCUT2D eigenvalue weighted by molar-refractivity contribution is 0.282. The largest absolute Gasteiger partial charge is 0.392 e. The van der Waals surface area contributed by atoms with Crippen LogP contribution in [-0.4, -0.2) is 18.2 Å². The summed E-state index contributed by atoms with van der Waals surface area (Å²) in [5.41, 5.74) is 1.96. The van der Waals surface area contributed by atoms with Crippen molar-refractivity contribution in [3.8, 4) is 0 Å². The van der Waals surface area contributed by atoms with Crippen LogP contribution in [0, 0.1) is 5.92 Å². The van der Waals surface area contributed by atoms with E-state index in [1.165, 1.54) is 12.8 Å². The molecule has 1 atom stereocenters. The van der Waals surface area contributed by atoms with Crippen molar-refractivity contribution in [3.63, 3.8) is 0 Å². The fourth-order valence-corrected chi connectivity index (χ4v) is 2.61. The summed E-state index contributed by atoms with van der Waals surface area (Å²) < 4.78 is 0. The SMILES string of the molecule is CCC1CCN(c2cccc(Cl)c2CO)C1. The van der Waals surface area contributed by atoms with Crippen molar-refractivity contribution in [1.82, 2.24) is 0 Å². The van der Waals surface area contributed by atoms with E-state index in [0.717, 1.165) is 30.3 Å². The highest BCUT2D eigenvalue weighted by molar-refractivity contribution is 6.31. The topological polar surface area (TPSA) is 23.5 Å². The lowest BCUT2D eigenvalue weighted by Gasteiger charge is -2.22. The second kappa shape index (κ2) is 5.07. The second-order valence-electron chi connectivity index (χ2n) is 4.40. The number of aliphatic hydroxyl groups excluding tert-OH is 1. The molecule has 0 saturated carbocycles. The van der Waals surface area contributed by atoms with Crippen molar-refractivity contribution < 1.29 is 5.11 Å². The summed E-state index contributed by atoms with van der Waals surface area (Å²) in [5, 5.41) is 10.0. The Balaban J connectivity index is 2.24. The normalized spacial score (nSPS) is 20.4. The first-order chi connectivity index (χ1) is 7.76. The quantitative estimate of drug-likeness (QED) is 0.877. The van der Waals surface area contributed by atoms with E-state index < -0.39 is 0 Å². The molecular weight excluding hydrogens is 222 g/mol. The molecule has 1 fully saturated rings. The Morgan fingerprint density at radius 3 is 2.94 bits per heavy atom. The number of rotatable bonds is 3. The third-order valence-electron chi connectivity index (χ3n) is 3.46. The molecule has 1 aliphatic heterocycles. The van der Waals surface area contributed by atoms with Gasteiger partial charge in [0.15, 0.2) is 0 Å². The Morgan fingerprint density at radius 1 is 1.50 bits per heavy atom. The fourth-order valence-electron chi connectivity index (χ4n) is 2.38. The van der Waals surface area contributed by atoms with Gasteiger partial charge < -0.3 is 10.0 Å². The minimum atomic E-state index is 0.0162. The number of nitrogens with zero attached hydrogens (tertiary/aromatic N) is 1. The van der Waals surface area contributed by atoms with Gasteiger partial charge >= 0.3 is 0 Å². The highest BCUT2D eigenvalue weighted by Gasteiger charge is 2.23. The summed E-state index contributed by atoms with van der Waals surface area (Å²) in [5.74, 6) is 0.783. The van der Waals surface area contributed by atoms with Crippen molar-refractivity contribution in [1.29, 1.82) is 0 Å². The smallest absolute Gasteiger partial charge is 0.0716 e. The van der Waals surface area contributed by atoms with Gasteiger partial charge in [-0.2, -0.15) is 0 Å². The summed E-state index contributed by atoms with van der Waals surface area (Å²) in [4.78, 5) is 2.34. The Hall–Kier alpha value is -0.730. The molecule has 3 heteroatoms. The number of halogens is 1. The van der Waals surface area contributed by atoms with E-state index >= 15 is 0 Å². The summed E-state index contributed by atoms with van der Waals surface area (Å²) in [6.45, 7) is 4.41. The van der Waals surface area contributed by atoms with E-state index in [1.54, 1.807) is 0 Å². The fraction of sp³-hybridized carbons (Fsp3) is 0.538. The minimum absolute atomic E-state index is 0.0162. The molecule has 16 heavy (non-hydrogen) atoms. The lowest BCUT2D eigenvalue weighted by atomic mass is 10.1. The van der Waals surface area contributed by atoms with Crippen molar-refractivity contribution in [2.75, 3.05) is 18.0 Å². The molecule has 0 aliphatic carbocycles. The molecule has 1 saturated heterocycles. The second-order valence-corrected chi connectivity index (χ2v) is 4.81. The predicted molar refractivity (Wildman–Crippen MR) is 68.0 cm³/mol. The zero-order valence-corrected chi connectivity index (χ0v) is 10.4. The van der Waals surface area contributed by atoms with Crippen molar-refractivity contribution in [3.05, 3.63) is 28.8 Å². The van der Waals surface area contributed by atoms with Gasteiger partial charge in [0.2, 0.25) is 0 Å². The van der Waals surface area contributed by atoms with Crippen LogP contribution in [0.25, 0.3) is 0 Å². The van der Waals surface area contributed by atoms with Crippen LogP contribution in [0.1, 0.15) is 25.3 Å². The zero-order valence-electron chi connectivity index (χ0n) is 9.62. The van der Waals surface area contributed by atoms with Gasteiger partial charge in [-0.05, 0) is 24.5 Å². The molecule has 0 spiro atoms. The molecule has 0 amide bonds. The molecule has 2 nitrogen and oxygen atoms in total. The van der Waals surface area contributed by atoms with Gasteiger partial charge in [-0.25, -0.2) is 0 Å². The number of hydrogen-bond acceptors (Lipinski definition) is 2. The van der Waals surface area contributed by atoms with Gasteiger partial charge in [-0.3, -0.25) is 0 Å². The average molecular weight is 240 g/mol. The van der Waals surface area contributed by atoms with Gasteiger partial charge in [0, 0.05) is 29.4 Å². The molecule has 0 radical (unpaired) electrons. The standard InChI is InChI=1S/C13H18ClNO/c1-2-10-6-7-15(8-10)13-5-3-4-12(14)11(13)9-16/h3-5,10,16H,2,6-9H2,1H3. The molecule has 1 aromatic rings. The first-order valence-corrected chi connectivity index (χ1v) is 6.27. The molecule has 1 heterocycles. The minimum Gasteiger partial charge on any atom is -0.392 e. The van der Waals surface area contributed by atoms with Crippen LogP contribution in [0.5, 0.6) is 0 Å². The summed E-state index contributed by atoms with van der Waals surface area (Å²) in [7, 11) is 0. The molecule has 1 aliphatic rings. The molecular formula is C13H18ClNO. The Kier molecular flexibility index (Phi) is 3.72. The number of benzene rings is 1. The first-order valence-electron chi connectivity index (χ1n) is 5.89. The maximum atomic E-state index is 9.37. The summed E-state index contributed by atoms with van der Waals surface area (Å²) in [6.07, 6.45) is 2.47. The predicted octanol–water partition coefficient (Wildman–Crippen LogP) is 3.07. The molecule has 0 aromatic heterocycles. The van der Waals surface area contributed by atoms with Gasteiger partial charge in [-0.15, -0.1) is 0 Å². The third kappa shape index (κ3) is 2.18. The monoisotopic (exact) mass is 239 g/mol. The molecule has 2 rings (SSSR count). The highest BCUT2D eigenvalue weighted by atomic mass is 35.5. The Bertz CT molecular complexity index is 367. The van der Waals surface area contributed by atoms with Crippen molar-refractivity contribution in [2.24, 2.45) is 5.92 Å². The van der Waals surface area contributed by atoms with E-state index in [2.05, 4.69) is 17.9 Å². The Morgan fingerprint density at radius 2 is 2.31 bits per heavy atom. The van der Waals surface area contributed by atoms with Crippen LogP contribution in [0.4, 0.5) is 5.69 Å². The van der Waals surface area contributed by atoms with Crippen molar-refractivity contribution >= 4 is 17.3 Å². The van der Waals surface area contributed by atoms with E-state index in [-0.39, 0.29) is 6.61 Å². The number of aliphatic hydroxyl groups is 1. The average Bonchev–Trinajstić information content (AvgIpc) is 2.77. The van der Waals surface area contributed by atoms with Gasteiger partial charge in [-0.1, -0.05) is 31.0 Å². The summed E-state index contributed by atoms with van der Waals surface area (Å²) >= 11 is 6.09. The van der Waals surface area contributed by atoms with Crippen LogP contribution in [0.3, 0.4) is 0 Å².